The number of carboxylic acid groups (broad SMARTS) is 1. The molecule has 1 saturated carbocycles. The number of hydrogen-bond acceptors (Lipinski definition) is 7. The van der Waals surface area contributed by atoms with E-state index < -0.39 is 11.5 Å². The van der Waals surface area contributed by atoms with Crippen LogP contribution in [0.25, 0.3) is 0 Å². The van der Waals surface area contributed by atoms with Crippen LogP contribution < -0.4 is 19.5 Å². The summed E-state index contributed by atoms with van der Waals surface area (Å²) in [5, 5.41) is 14.7. The summed E-state index contributed by atoms with van der Waals surface area (Å²) in [5.74, 6) is 3.21. The third-order valence-electron chi connectivity index (χ3n) is 12.4. The van der Waals surface area contributed by atoms with Gasteiger partial charge in [0.1, 0.15) is 11.3 Å². The molecule has 0 amide bonds. The van der Waals surface area contributed by atoms with E-state index in [4.69, 9.17) is 25.8 Å². The molecule has 7 rings (SSSR count). The number of anilines is 1. The Morgan fingerprint density at radius 1 is 1.14 bits per heavy atom. The molecule has 3 aliphatic carbocycles. The fourth-order valence-electron chi connectivity index (χ4n) is 9.48. The van der Waals surface area contributed by atoms with E-state index >= 15 is 0 Å². The Labute approximate surface area is 308 Å². The van der Waals surface area contributed by atoms with Crippen molar-refractivity contribution in [3.63, 3.8) is 0 Å². The zero-order valence-corrected chi connectivity index (χ0v) is 31.4. The van der Waals surface area contributed by atoms with Gasteiger partial charge in [0.15, 0.2) is 11.5 Å². The van der Waals surface area contributed by atoms with Crippen LogP contribution >= 0.6 is 11.6 Å². The maximum absolute atomic E-state index is 13.0. The molecular formula is C42H54ClN3O5. The van der Waals surface area contributed by atoms with Crippen molar-refractivity contribution in [2.45, 2.75) is 95.4 Å². The summed E-state index contributed by atoms with van der Waals surface area (Å²) in [6.45, 7) is 10.5. The highest BCUT2D eigenvalue weighted by molar-refractivity contribution is 6.30. The third kappa shape index (κ3) is 7.28. The minimum absolute atomic E-state index is 0.171. The Balaban J connectivity index is 1.14. The summed E-state index contributed by atoms with van der Waals surface area (Å²) in [6, 6.07) is 13.9. The molecule has 2 N–H and O–H groups in total. The molecule has 0 bridgehead atoms. The summed E-state index contributed by atoms with van der Waals surface area (Å²) in [4.78, 5) is 20.0. The second-order valence-electron chi connectivity index (χ2n) is 16.0. The fraction of sp³-hybridized carbons (Fsp3) is 0.571. The first-order chi connectivity index (χ1) is 24.6. The average molecular weight is 716 g/mol. The molecule has 0 saturated heterocycles. The van der Waals surface area contributed by atoms with Crippen molar-refractivity contribution in [2.75, 3.05) is 45.3 Å². The summed E-state index contributed by atoms with van der Waals surface area (Å²) < 4.78 is 19.5. The molecule has 4 aliphatic rings. The zero-order valence-electron chi connectivity index (χ0n) is 30.7. The van der Waals surface area contributed by atoms with Crippen LogP contribution in [0, 0.1) is 17.8 Å². The lowest BCUT2D eigenvalue weighted by Crippen LogP contribution is -2.53. The highest BCUT2D eigenvalue weighted by atomic mass is 35.5. The van der Waals surface area contributed by atoms with Gasteiger partial charge in [-0.15, -0.1) is 0 Å². The Morgan fingerprint density at radius 2 is 1.90 bits per heavy atom. The van der Waals surface area contributed by atoms with Gasteiger partial charge in [0, 0.05) is 40.6 Å². The summed E-state index contributed by atoms with van der Waals surface area (Å²) in [5.41, 5.74) is 4.59. The first-order valence-electron chi connectivity index (χ1n) is 19.1. The summed E-state index contributed by atoms with van der Waals surface area (Å²) in [6.07, 6.45) is 9.73. The molecule has 1 aromatic heterocycles. The third-order valence-corrected chi connectivity index (χ3v) is 12.6. The lowest BCUT2D eigenvalue weighted by Gasteiger charge is -2.47. The number of aliphatic carboxylic acids is 1. The van der Waals surface area contributed by atoms with E-state index in [1.807, 2.05) is 36.5 Å². The minimum atomic E-state index is -1.07. The number of aryl methyl sites for hydroxylation is 1. The molecular weight excluding hydrogens is 662 g/mol. The molecule has 2 aromatic carbocycles. The van der Waals surface area contributed by atoms with Gasteiger partial charge in [-0.3, -0.25) is 4.98 Å². The molecule has 274 valence electrons. The monoisotopic (exact) mass is 715 g/mol. The van der Waals surface area contributed by atoms with Crippen molar-refractivity contribution < 1.29 is 24.1 Å². The van der Waals surface area contributed by atoms with E-state index in [-0.39, 0.29) is 11.3 Å². The number of rotatable bonds is 11. The van der Waals surface area contributed by atoms with Gasteiger partial charge in [-0.2, -0.15) is 0 Å². The molecule has 51 heavy (non-hydrogen) atoms. The Morgan fingerprint density at radius 3 is 2.63 bits per heavy atom. The second kappa shape index (κ2) is 14.9. The van der Waals surface area contributed by atoms with E-state index in [9.17, 15) is 9.90 Å². The molecule has 3 aromatic rings. The number of halogens is 1. The quantitative estimate of drug-likeness (QED) is 0.204. The van der Waals surface area contributed by atoms with Crippen LogP contribution in [0.5, 0.6) is 17.2 Å². The number of aromatic nitrogens is 1. The summed E-state index contributed by atoms with van der Waals surface area (Å²) >= 11 is 6.30. The van der Waals surface area contributed by atoms with Gasteiger partial charge in [0.25, 0.3) is 0 Å². The topological polar surface area (TPSA) is 93.2 Å². The lowest BCUT2D eigenvalue weighted by molar-refractivity contribution is -0.144. The van der Waals surface area contributed by atoms with E-state index in [2.05, 4.69) is 55.2 Å². The first kappa shape index (κ1) is 35.9. The number of benzene rings is 2. The van der Waals surface area contributed by atoms with Crippen LogP contribution in [0.2, 0.25) is 5.02 Å². The number of hydrogen-bond donors (Lipinski definition) is 2. The Hall–Kier alpha value is -3.49. The highest BCUT2D eigenvalue weighted by Gasteiger charge is 2.54. The second-order valence-corrected chi connectivity index (χ2v) is 16.4. The van der Waals surface area contributed by atoms with Crippen LogP contribution in [0.1, 0.15) is 94.0 Å². The van der Waals surface area contributed by atoms with Crippen molar-refractivity contribution in [2.24, 2.45) is 17.8 Å². The number of carboxylic acids is 1. The van der Waals surface area contributed by atoms with Crippen LogP contribution in [0.15, 0.2) is 48.7 Å². The molecule has 1 spiro atoms. The normalized spacial score (nSPS) is 27.4. The molecule has 4 atom stereocenters. The number of pyridine rings is 1. The maximum atomic E-state index is 13.0. The van der Waals surface area contributed by atoms with Gasteiger partial charge in [0.2, 0.25) is 0 Å². The van der Waals surface area contributed by atoms with Crippen molar-refractivity contribution in [1.29, 1.82) is 0 Å². The molecule has 9 heteroatoms. The molecule has 1 aliphatic heterocycles. The number of fused-ring (bicyclic) bond motifs is 4. The van der Waals surface area contributed by atoms with Gasteiger partial charge < -0.3 is 29.5 Å². The van der Waals surface area contributed by atoms with Gasteiger partial charge in [-0.05, 0) is 142 Å². The highest BCUT2D eigenvalue weighted by Crippen LogP contribution is 2.58. The Bertz CT molecular complexity index is 1720. The number of carbonyl (C=O) groups is 1. The van der Waals surface area contributed by atoms with Crippen molar-refractivity contribution >= 4 is 23.3 Å². The standard InChI is InChI=1S/C42H54ClN3O5/c1-5-46(4)23-29-25-50-37-20-30-19-31(18-27(2)24-49-36-12-17-44-35-11-6-8-28(3)39(35)36)41(34(30)22-38(37)51-26-29)13-15-42(16-14-41,40(47)48)45-33-10-7-9-32(43)21-33/h7,9-10,12,17,20-22,27-29,31,45H,5-6,8,11,13-16,18-19,23-26H2,1-4H3,(H,47,48)/t27-,28-,29?,31+,41-,42-/m1/s1. The summed E-state index contributed by atoms with van der Waals surface area (Å²) in [7, 11) is 2.13. The van der Waals surface area contributed by atoms with Crippen LogP contribution in [-0.2, 0) is 23.1 Å². The smallest absolute Gasteiger partial charge is 0.329 e. The molecule has 0 radical (unpaired) electrons. The van der Waals surface area contributed by atoms with E-state index in [0.717, 1.165) is 68.1 Å². The number of nitrogens with zero attached hydrogens (tertiary/aromatic N) is 2. The predicted octanol–water partition coefficient (Wildman–Crippen LogP) is 8.54. The largest absolute Gasteiger partial charge is 0.493 e. The van der Waals surface area contributed by atoms with Crippen LogP contribution in [0.3, 0.4) is 0 Å². The molecule has 1 fully saturated rings. The lowest BCUT2D eigenvalue weighted by atomic mass is 9.59. The van der Waals surface area contributed by atoms with E-state index in [0.29, 0.717) is 55.4 Å². The van der Waals surface area contributed by atoms with Crippen molar-refractivity contribution in [3.8, 4) is 17.2 Å². The maximum Gasteiger partial charge on any atom is 0.329 e. The first-order valence-corrected chi connectivity index (χ1v) is 19.5. The number of ether oxygens (including phenoxy) is 3. The van der Waals surface area contributed by atoms with Crippen molar-refractivity contribution in [3.05, 3.63) is 76.1 Å². The zero-order chi connectivity index (χ0) is 35.8. The SMILES string of the molecule is CCN(C)CC1COc2cc3c(cc2OC1)[C@]1(CC[C@@](Nc2cccc(Cl)c2)(C(=O)O)CC1)[C@@H](C[C@@H](C)COc1ccnc2c1[C@H](C)CCC2)C3. The van der Waals surface area contributed by atoms with Gasteiger partial charge in [-0.25, -0.2) is 4.79 Å². The van der Waals surface area contributed by atoms with Crippen molar-refractivity contribution in [1.82, 2.24) is 9.88 Å². The van der Waals surface area contributed by atoms with E-state index in [1.165, 1.54) is 35.2 Å². The van der Waals surface area contributed by atoms with E-state index in [1.54, 1.807) is 0 Å². The predicted molar refractivity (Wildman–Crippen MR) is 202 cm³/mol. The molecule has 8 nitrogen and oxygen atoms in total. The average Bonchev–Trinajstić information content (AvgIpc) is 3.24. The minimum Gasteiger partial charge on any atom is -0.493 e. The van der Waals surface area contributed by atoms with Gasteiger partial charge in [-0.1, -0.05) is 38.4 Å². The van der Waals surface area contributed by atoms with Gasteiger partial charge in [0.05, 0.1) is 19.8 Å². The van der Waals surface area contributed by atoms with Gasteiger partial charge >= 0.3 is 5.97 Å². The number of nitrogens with one attached hydrogen (secondary N) is 1. The fourth-order valence-corrected chi connectivity index (χ4v) is 9.67. The molecule has 1 unspecified atom stereocenters. The van der Waals surface area contributed by atoms with Crippen LogP contribution in [-0.4, -0.2) is 66.5 Å². The molecule has 2 heterocycles. The van der Waals surface area contributed by atoms with Crippen LogP contribution in [0.4, 0.5) is 5.69 Å². The Kier molecular flexibility index (Phi) is 10.5.